The highest BCUT2D eigenvalue weighted by atomic mass is 32.2. The largest absolute Gasteiger partial charge is 0.444 e. The number of amides is 1. The van der Waals surface area contributed by atoms with Gasteiger partial charge in [0.1, 0.15) is 5.60 Å². The summed E-state index contributed by atoms with van der Waals surface area (Å²) in [6, 6.07) is 0.251. The minimum Gasteiger partial charge on any atom is -0.444 e. The third-order valence-corrected chi connectivity index (χ3v) is 6.91. The Bertz CT molecular complexity index is 552. The summed E-state index contributed by atoms with van der Waals surface area (Å²) in [5.41, 5.74) is -0.498. The van der Waals surface area contributed by atoms with Crippen LogP contribution in [0.5, 0.6) is 0 Å². The van der Waals surface area contributed by atoms with E-state index in [1.165, 1.54) is 6.26 Å². The Kier molecular flexibility index (Phi) is 7.33. The van der Waals surface area contributed by atoms with Crippen LogP contribution in [0.15, 0.2) is 0 Å². The maximum absolute atomic E-state index is 12.5. The summed E-state index contributed by atoms with van der Waals surface area (Å²) in [6.07, 6.45) is 4.87. The van der Waals surface area contributed by atoms with Gasteiger partial charge in [0.15, 0.2) is 9.84 Å². The van der Waals surface area contributed by atoms with Crippen molar-refractivity contribution in [2.24, 2.45) is 0 Å². The van der Waals surface area contributed by atoms with E-state index in [-0.39, 0.29) is 18.2 Å². The molecule has 2 atom stereocenters. The second-order valence-corrected chi connectivity index (χ2v) is 11.5. The summed E-state index contributed by atoms with van der Waals surface area (Å²) < 4.78 is 28.4. The second kappa shape index (κ2) is 8.25. The molecule has 1 saturated heterocycles. The lowest BCUT2D eigenvalue weighted by molar-refractivity contribution is 0.00789. The van der Waals surface area contributed by atoms with Crippen LogP contribution in [0.3, 0.4) is 0 Å². The average molecular weight is 377 g/mol. The molecule has 0 saturated carbocycles. The number of nitrogens with zero attached hydrogens (tertiary/aromatic N) is 1. The first-order valence-corrected chi connectivity index (χ1v) is 11.0. The second-order valence-electron chi connectivity index (χ2n) is 8.87. The van der Waals surface area contributed by atoms with Gasteiger partial charge >= 0.3 is 6.09 Å². The van der Waals surface area contributed by atoms with Crippen LogP contribution in [0.1, 0.15) is 67.2 Å². The molecule has 1 N–H and O–H groups in total. The summed E-state index contributed by atoms with van der Waals surface area (Å²) in [6.45, 7) is 12.3. The summed E-state index contributed by atoms with van der Waals surface area (Å²) in [4.78, 5) is 14.3. The number of hydrogen-bond donors (Lipinski definition) is 1. The van der Waals surface area contributed by atoms with Crippen LogP contribution in [0.2, 0.25) is 0 Å². The number of hydrogen-bond acceptors (Lipinski definition) is 5. The van der Waals surface area contributed by atoms with Gasteiger partial charge in [-0.2, -0.15) is 0 Å². The van der Waals surface area contributed by atoms with Crippen LogP contribution in [-0.4, -0.2) is 61.2 Å². The third kappa shape index (κ3) is 7.13. The maximum Gasteiger partial charge on any atom is 0.410 e. The Morgan fingerprint density at radius 2 is 1.84 bits per heavy atom. The van der Waals surface area contributed by atoms with Gasteiger partial charge in [0.25, 0.3) is 0 Å². The van der Waals surface area contributed by atoms with Crippen molar-refractivity contribution in [2.45, 2.75) is 89.7 Å². The molecule has 2 unspecified atom stereocenters. The van der Waals surface area contributed by atoms with Gasteiger partial charge in [0.2, 0.25) is 0 Å². The fourth-order valence-corrected chi connectivity index (χ4v) is 3.19. The van der Waals surface area contributed by atoms with Crippen LogP contribution in [0.25, 0.3) is 0 Å². The zero-order valence-electron chi connectivity index (χ0n) is 16.9. The molecule has 0 bridgehead atoms. The zero-order chi connectivity index (χ0) is 19.5. The van der Waals surface area contributed by atoms with Gasteiger partial charge in [0, 0.05) is 31.4 Å². The minimum absolute atomic E-state index is 0.120. The van der Waals surface area contributed by atoms with Gasteiger partial charge in [-0.25, -0.2) is 13.2 Å². The van der Waals surface area contributed by atoms with Crippen LogP contribution in [0, 0.1) is 0 Å². The van der Waals surface area contributed by atoms with Crippen LogP contribution in [-0.2, 0) is 14.6 Å². The molecular formula is C18H36N2O4S. The first-order valence-electron chi connectivity index (χ1n) is 9.15. The highest BCUT2D eigenvalue weighted by Gasteiger charge is 2.33. The molecule has 1 rings (SSSR count). The van der Waals surface area contributed by atoms with Gasteiger partial charge < -0.3 is 15.0 Å². The molecule has 0 spiro atoms. The van der Waals surface area contributed by atoms with Crippen molar-refractivity contribution in [1.82, 2.24) is 10.2 Å². The van der Waals surface area contributed by atoms with E-state index < -0.39 is 20.2 Å². The lowest BCUT2D eigenvalue weighted by Gasteiger charge is -2.38. The lowest BCUT2D eigenvalue weighted by atomic mass is 9.96. The summed E-state index contributed by atoms with van der Waals surface area (Å²) in [7, 11) is -3.12. The molecule has 0 aromatic carbocycles. The summed E-state index contributed by atoms with van der Waals surface area (Å²) >= 11 is 0. The number of carbonyl (C=O) groups excluding carboxylic acids is 1. The van der Waals surface area contributed by atoms with Crippen LogP contribution in [0.4, 0.5) is 4.79 Å². The van der Waals surface area contributed by atoms with Crippen LogP contribution >= 0.6 is 0 Å². The number of rotatable bonds is 6. The molecule has 0 aromatic heterocycles. The van der Waals surface area contributed by atoms with E-state index in [1.54, 1.807) is 13.8 Å². The SMILES string of the molecule is CC(CC1CCCCN1C(=O)OC(C)(C)C)NCC(C)(C)S(C)(=O)=O. The van der Waals surface area contributed by atoms with E-state index in [1.807, 2.05) is 32.6 Å². The fourth-order valence-electron chi connectivity index (χ4n) is 2.85. The zero-order valence-corrected chi connectivity index (χ0v) is 17.7. The Morgan fingerprint density at radius 3 is 2.36 bits per heavy atom. The van der Waals surface area contributed by atoms with E-state index in [9.17, 15) is 13.2 Å². The van der Waals surface area contributed by atoms with E-state index in [0.29, 0.717) is 6.54 Å². The molecule has 7 heteroatoms. The molecule has 0 radical (unpaired) electrons. The van der Waals surface area contributed by atoms with Gasteiger partial charge in [-0.1, -0.05) is 0 Å². The number of ether oxygens (including phenoxy) is 1. The smallest absolute Gasteiger partial charge is 0.410 e. The van der Waals surface area contributed by atoms with Crippen molar-refractivity contribution in [3.05, 3.63) is 0 Å². The molecule has 0 aromatic rings. The molecule has 1 amide bonds. The molecule has 148 valence electrons. The Hall–Kier alpha value is -0.820. The van der Waals surface area contributed by atoms with Crippen molar-refractivity contribution in [1.29, 1.82) is 0 Å². The molecule has 1 aliphatic rings. The Labute approximate surface area is 153 Å². The van der Waals surface area contributed by atoms with E-state index in [2.05, 4.69) is 5.32 Å². The van der Waals surface area contributed by atoms with Crippen molar-refractivity contribution in [3.63, 3.8) is 0 Å². The Morgan fingerprint density at radius 1 is 1.24 bits per heavy atom. The van der Waals surface area contributed by atoms with E-state index >= 15 is 0 Å². The van der Waals surface area contributed by atoms with E-state index in [0.717, 1.165) is 32.2 Å². The van der Waals surface area contributed by atoms with Gasteiger partial charge in [0.05, 0.1) is 4.75 Å². The molecule has 1 aliphatic heterocycles. The first-order chi connectivity index (χ1) is 11.2. The monoisotopic (exact) mass is 376 g/mol. The number of sulfone groups is 1. The topological polar surface area (TPSA) is 75.7 Å². The van der Waals surface area contributed by atoms with Gasteiger partial charge in [-0.15, -0.1) is 0 Å². The Balaban J connectivity index is 2.64. The van der Waals surface area contributed by atoms with Crippen LogP contribution < -0.4 is 5.32 Å². The van der Waals surface area contributed by atoms with E-state index in [4.69, 9.17) is 4.74 Å². The molecular weight excluding hydrogens is 340 g/mol. The van der Waals surface area contributed by atoms with Crippen molar-refractivity contribution in [2.75, 3.05) is 19.3 Å². The normalized spacial score (nSPS) is 21.1. The third-order valence-electron chi connectivity index (χ3n) is 4.76. The average Bonchev–Trinajstić information content (AvgIpc) is 2.42. The van der Waals surface area contributed by atoms with Gasteiger partial charge in [-0.05, 0) is 67.2 Å². The molecule has 1 fully saturated rings. The number of piperidine rings is 1. The minimum atomic E-state index is -3.12. The molecule has 6 nitrogen and oxygen atoms in total. The van der Waals surface area contributed by atoms with Crippen molar-refractivity contribution in [3.8, 4) is 0 Å². The lowest BCUT2D eigenvalue weighted by Crippen LogP contribution is -2.50. The predicted octanol–water partition coefficient (Wildman–Crippen LogP) is 2.97. The van der Waals surface area contributed by atoms with Crippen molar-refractivity contribution >= 4 is 15.9 Å². The fraction of sp³-hybridized carbons (Fsp3) is 0.944. The highest BCUT2D eigenvalue weighted by molar-refractivity contribution is 7.92. The summed E-state index contributed by atoms with van der Waals surface area (Å²) in [5, 5.41) is 3.33. The predicted molar refractivity (Wildman–Crippen MR) is 102 cm³/mol. The highest BCUT2D eigenvalue weighted by Crippen LogP contribution is 2.24. The van der Waals surface area contributed by atoms with Gasteiger partial charge in [-0.3, -0.25) is 0 Å². The van der Waals surface area contributed by atoms with Crippen molar-refractivity contribution < 1.29 is 17.9 Å². The first kappa shape index (κ1) is 22.2. The number of nitrogens with one attached hydrogen (secondary N) is 1. The summed E-state index contributed by atoms with van der Waals surface area (Å²) in [5.74, 6) is 0. The quantitative estimate of drug-likeness (QED) is 0.771. The molecule has 25 heavy (non-hydrogen) atoms. The molecule has 1 heterocycles. The standard InChI is InChI=1S/C18H36N2O4S/c1-14(19-13-18(5,6)25(7,22)23)12-15-10-8-9-11-20(15)16(21)24-17(2,3)4/h14-15,19H,8-13H2,1-7H3. The molecule has 0 aliphatic carbocycles. The maximum atomic E-state index is 12.5. The number of likely N-dealkylation sites (tertiary alicyclic amines) is 1. The number of carbonyl (C=O) groups is 1.